The standard InChI is InChI=1S/C17H29N3/c1-4-12-18-14(2)16-11-8-13-19-17(16)20(3)15-9-6-5-7-10-15/h8,11,13-15,18H,4-7,9-10,12H2,1-3H3. The molecule has 1 unspecified atom stereocenters. The Hall–Kier alpha value is -1.09. The molecule has 1 aromatic heterocycles. The zero-order valence-corrected chi connectivity index (χ0v) is 13.2. The fourth-order valence-electron chi connectivity index (χ4n) is 3.15. The molecule has 0 amide bonds. The summed E-state index contributed by atoms with van der Waals surface area (Å²) in [6.45, 7) is 5.51. The van der Waals surface area contributed by atoms with Crippen molar-refractivity contribution in [2.24, 2.45) is 0 Å². The monoisotopic (exact) mass is 275 g/mol. The highest BCUT2D eigenvalue weighted by atomic mass is 15.2. The zero-order chi connectivity index (χ0) is 14.4. The molecule has 1 N–H and O–H groups in total. The Morgan fingerprint density at radius 3 is 2.80 bits per heavy atom. The SMILES string of the molecule is CCCNC(C)c1cccnc1N(C)C1CCCCC1. The molecule has 1 atom stereocenters. The minimum Gasteiger partial charge on any atom is -0.356 e. The lowest BCUT2D eigenvalue weighted by atomic mass is 9.94. The van der Waals surface area contributed by atoms with Gasteiger partial charge >= 0.3 is 0 Å². The van der Waals surface area contributed by atoms with Crippen molar-refractivity contribution in [2.75, 3.05) is 18.5 Å². The number of hydrogen-bond donors (Lipinski definition) is 1. The van der Waals surface area contributed by atoms with E-state index in [2.05, 4.69) is 48.2 Å². The van der Waals surface area contributed by atoms with Crippen LogP contribution in [0.5, 0.6) is 0 Å². The molecule has 0 bridgehead atoms. The first-order chi connectivity index (χ1) is 9.74. The number of pyridine rings is 1. The molecular formula is C17H29N3. The van der Waals surface area contributed by atoms with Gasteiger partial charge in [0, 0.05) is 30.9 Å². The van der Waals surface area contributed by atoms with Crippen LogP contribution in [0, 0.1) is 0 Å². The minimum atomic E-state index is 0.365. The van der Waals surface area contributed by atoms with E-state index in [4.69, 9.17) is 0 Å². The summed E-state index contributed by atoms with van der Waals surface area (Å²) in [6.07, 6.45) is 9.82. The van der Waals surface area contributed by atoms with Gasteiger partial charge in [-0.2, -0.15) is 0 Å². The van der Waals surface area contributed by atoms with Gasteiger partial charge in [-0.15, -0.1) is 0 Å². The van der Waals surface area contributed by atoms with E-state index in [1.807, 2.05) is 6.20 Å². The molecule has 3 nitrogen and oxygen atoms in total. The third-order valence-corrected chi connectivity index (χ3v) is 4.44. The summed E-state index contributed by atoms with van der Waals surface area (Å²) >= 11 is 0. The lowest BCUT2D eigenvalue weighted by molar-refractivity contribution is 0.424. The second-order valence-electron chi connectivity index (χ2n) is 5.99. The van der Waals surface area contributed by atoms with Crippen molar-refractivity contribution in [1.29, 1.82) is 0 Å². The summed E-state index contributed by atoms with van der Waals surface area (Å²) in [5.41, 5.74) is 1.33. The summed E-state index contributed by atoms with van der Waals surface area (Å²) in [5, 5.41) is 3.58. The van der Waals surface area contributed by atoms with Crippen molar-refractivity contribution in [3.8, 4) is 0 Å². The number of nitrogens with one attached hydrogen (secondary N) is 1. The summed E-state index contributed by atoms with van der Waals surface area (Å²) < 4.78 is 0. The maximum absolute atomic E-state index is 4.67. The summed E-state index contributed by atoms with van der Waals surface area (Å²) in [5.74, 6) is 1.16. The van der Waals surface area contributed by atoms with Crippen molar-refractivity contribution < 1.29 is 0 Å². The van der Waals surface area contributed by atoms with E-state index in [9.17, 15) is 0 Å². The minimum absolute atomic E-state index is 0.365. The molecule has 1 heterocycles. The van der Waals surface area contributed by atoms with Gasteiger partial charge in [0.2, 0.25) is 0 Å². The first-order valence-corrected chi connectivity index (χ1v) is 8.15. The Morgan fingerprint density at radius 2 is 2.10 bits per heavy atom. The molecule has 2 rings (SSSR count). The molecule has 1 aromatic rings. The molecule has 1 aliphatic rings. The van der Waals surface area contributed by atoms with E-state index < -0.39 is 0 Å². The lowest BCUT2D eigenvalue weighted by Gasteiger charge is -2.34. The predicted molar refractivity (Wildman–Crippen MR) is 86.2 cm³/mol. The average molecular weight is 275 g/mol. The Kier molecular flexibility index (Phi) is 5.84. The van der Waals surface area contributed by atoms with Gasteiger partial charge in [0.15, 0.2) is 0 Å². The molecular weight excluding hydrogens is 246 g/mol. The van der Waals surface area contributed by atoms with E-state index in [0.717, 1.165) is 12.4 Å². The summed E-state index contributed by atoms with van der Waals surface area (Å²) in [6, 6.07) is 5.30. The first-order valence-electron chi connectivity index (χ1n) is 8.15. The van der Waals surface area contributed by atoms with E-state index in [1.165, 1.54) is 44.1 Å². The third kappa shape index (κ3) is 3.72. The molecule has 1 aliphatic carbocycles. The number of aromatic nitrogens is 1. The second-order valence-corrected chi connectivity index (χ2v) is 5.99. The highest BCUT2D eigenvalue weighted by Crippen LogP contribution is 2.29. The van der Waals surface area contributed by atoms with E-state index in [-0.39, 0.29) is 0 Å². The van der Waals surface area contributed by atoms with Crippen LogP contribution < -0.4 is 10.2 Å². The van der Waals surface area contributed by atoms with Crippen molar-refractivity contribution >= 4 is 5.82 Å². The molecule has 3 heteroatoms. The van der Waals surface area contributed by atoms with Crippen LogP contribution in [0.2, 0.25) is 0 Å². The van der Waals surface area contributed by atoms with Crippen LogP contribution in [-0.4, -0.2) is 24.6 Å². The normalized spacial score (nSPS) is 17.9. The van der Waals surface area contributed by atoms with Gasteiger partial charge in [-0.1, -0.05) is 32.3 Å². The van der Waals surface area contributed by atoms with Crippen LogP contribution in [0.4, 0.5) is 5.82 Å². The number of nitrogens with zero attached hydrogens (tertiary/aromatic N) is 2. The Labute approximate surface area is 123 Å². The van der Waals surface area contributed by atoms with Gasteiger partial charge in [-0.3, -0.25) is 0 Å². The van der Waals surface area contributed by atoms with Crippen LogP contribution in [0.25, 0.3) is 0 Å². The molecule has 0 spiro atoms. The van der Waals surface area contributed by atoms with Gasteiger partial charge in [0.25, 0.3) is 0 Å². The van der Waals surface area contributed by atoms with Crippen molar-refractivity contribution in [2.45, 2.75) is 64.5 Å². The molecule has 1 fully saturated rings. The number of anilines is 1. The molecule has 20 heavy (non-hydrogen) atoms. The zero-order valence-electron chi connectivity index (χ0n) is 13.2. The highest BCUT2D eigenvalue weighted by molar-refractivity contribution is 5.48. The largest absolute Gasteiger partial charge is 0.356 e. The van der Waals surface area contributed by atoms with Crippen LogP contribution in [0.3, 0.4) is 0 Å². The van der Waals surface area contributed by atoms with E-state index >= 15 is 0 Å². The van der Waals surface area contributed by atoms with Gasteiger partial charge in [-0.25, -0.2) is 4.98 Å². The number of hydrogen-bond acceptors (Lipinski definition) is 3. The smallest absolute Gasteiger partial charge is 0.133 e. The average Bonchev–Trinajstić information content (AvgIpc) is 2.52. The Balaban J connectivity index is 2.13. The number of rotatable bonds is 6. The van der Waals surface area contributed by atoms with Gasteiger partial charge < -0.3 is 10.2 Å². The molecule has 0 saturated heterocycles. The Bertz CT molecular complexity index is 399. The molecule has 0 radical (unpaired) electrons. The Morgan fingerprint density at radius 1 is 1.35 bits per heavy atom. The van der Waals surface area contributed by atoms with Crippen LogP contribution in [-0.2, 0) is 0 Å². The van der Waals surface area contributed by atoms with Gasteiger partial charge in [0.1, 0.15) is 5.82 Å². The van der Waals surface area contributed by atoms with Crippen LogP contribution in [0.1, 0.15) is 64.0 Å². The van der Waals surface area contributed by atoms with Crippen molar-refractivity contribution in [3.05, 3.63) is 23.9 Å². The predicted octanol–water partition coefficient (Wildman–Crippen LogP) is 3.91. The molecule has 0 aromatic carbocycles. The quantitative estimate of drug-likeness (QED) is 0.853. The fourth-order valence-corrected chi connectivity index (χ4v) is 3.15. The fraction of sp³-hybridized carbons (Fsp3) is 0.706. The topological polar surface area (TPSA) is 28.2 Å². The molecule has 1 saturated carbocycles. The van der Waals surface area contributed by atoms with Gasteiger partial charge in [0.05, 0.1) is 0 Å². The van der Waals surface area contributed by atoms with Crippen molar-refractivity contribution in [1.82, 2.24) is 10.3 Å². The third-order valence-electron chi connectivity index (χ3n) is 4.44. The van der Waals surface area contributed by atoms with Crippen molar-refractivity contribution in [3.63, 3.8) is 0 Å². The summed E-state index contributed by atoms with van der Waals surface area (Å²) in [7, 11) is 2.22. The highest BCUT2D eigenvalue weighted by Gasteiger charge is 2.22. The maximum atomic E-state index is 4.67. The molecule has 0 aliphatic heterocycles. The second kappa shape index (κ2) is 7.63. The molecule has 112 valence electrons. The van der Waals surface area contributed by atoms with E-state index in [0.29, 0.717) is 12.1 Å². The van der Waals surface area contributed by atoms with E-state index in [1.54, 1.807) is 0 Å². The van der Waals surface area contributed by atoms with Crippen LogP contribution in [0.15, 0.2) is 18.3 Å². The van der Waals surface area contributed by atoms with Crippen LogP contribution >= 0.6 is 0 Å². The summed E-state index contributed by atoms with van der Waals surface area (Å²) in [4.78, 5) is 7.08. The first kappa shape index (κ1) is 15.3. The lowest BCUT2D eigenvalue weighted by Crippen LogP contribution is -2.35. The maximum Gasteiger partial charge on any atom is 0.133 e. The van der Waals surface area contributed by atoms with Gasteiger partial charge in [-0.05, 0) is 38.8 Å².